The number of aromatic amines is 1. The molecule has 4 aromatic rings. The van der Waals surface area contributed by atoms with Crippen molar-refractivity contribution in [1.82, 2.24) is 20.1 Å². The average molecular weight is 276 g/mol. The first-order valence-electron chi connectivity index (χ1n) is 6.64. The number of H-pyrrole nitrogens is 1. The molecule has 0 aliphatic heterocycles. The lowest BCUT2D eigenvalue weighted by Gasteiger charge is -2.04. The van der Waals surface area contributed by atoms with Crippen molar-refractivity contribution in [3.63, 3.8) is 0 Å². The monoisotopic (exact) mass is 276 g/mol. The predicted molar refractivity (Wildman–Crippen MR) is 79.6 cm³/mol. The molecular weight excluding hydrogens is 264 g/mol. The third-order valence-electron chi connectivity index (χ3n) is 3.42. The highest BCUT2D eigenvalue weighted by Crippen LogP contribution is 2.29. The van der Waals surface area contributed by atoms with E-state index in [-0.39, 0.29) is 0 Å². The summed E-state index contributed by atoms with van der Waals surface area (Å²) in [5.74, 6) is 1.17. The number of hydrogen-bond acceptors (Lipinski definition) is 4. The van der Waals surface area contributed by atoms with Crippen LogP contribution in [-0.2, 0) is 0 Å². The molecule has 5 heteroatoms. The average Bonchev–Trinajstić information content (AvgIpc) is 3.15. The van der Waals surface area contributed by atoms with Crippen LogP contribution in [0.1, 0.15) is 5.89 Å². The van der Waals surface area contributed by atoms with Crippen LogP contribution in [0.25, 0.3) is 33.5 Å². The molecule has 102 valence electrons. The van der Waals surface area contributed by atoms with Crippen molar-refractivity contribution in [2.75, 3.05) is 0 Å². The first kappa shape index (κ1) is 11.8. The van der Waals surface area contributed by atoms with Gasteiger partial charge in [0.05, 0.1) is 0 Å². The van der Waals surface area contributed by atoms with Gasteiger partial charge in [-0.15, -0.1) is 0 Å². The molecule has 0 unspecified atom stereocenters. The summed E-state index contributed by atoms with van der Waals surface area (Å²) in [6.07, 6.45) is 3.70. The Bertz CT molecular complexity index is 923. The van der Waals surface area contributed by atoms with Crippen LogP contribution in [0.5, 0.6) is 0 Å². The molecule has 0 aliphatic carbocycles. The van der Waals surface area contributed by atoms with E-state index in [0.717, 1.165) is 27.7 Å². The lowest BCUT2D eigenvalue weighted by Crippen LogP contribution is -1.85. The highest BCUT2D eigenvalue weighted by Gasteiger charge is 2.09. The summed E-state index contributed by atoms with van der Waals surface area (Å²) in [7, 11) is 0. The number of pyridine rings is 1. The quantitative estimate of drug-likeness (QED) is 0.607. The molecule has 21 heavy (non-hydrogen) atoms. The zero-order valence-corrected chi connectivity index (χ0v) is 11.4. The third-order valence-corrected chi connectivity index (χ3v) is 3.42. The number of nitrogens with one attached hydrogen (secondary N) is 1. The van der Waals surface area contributed by atoms with Crippen LogP contribution in [0.15, 0.2) is 53.3 Å². The first-order chi connectivity index (χ1) is 10.3. The highest BCUT2D eigenvalue weighted by molar-refractivity contribution is 5.93. The Kier molecular flexibility index (Phi) is 2.57. The van der Waals surface area contributed by atoms with Gasteiger partial charge < -0.3 is 9.51 Å². The van der Waals surface area contributed by atoms with E-state index in [1.54, 1.807) is 13.1 Å². The van der Waals surface area contributed by atoms with Gasteiger partial charge in [-0.2, -0.15) is 4.98 Å². The summed E-state index contributed by atoms with van der Waals surface area (Å²) in [5, 5.41) is 5.06. The Morgan fingerprint density at radius 3 is 2.86 bits per heavy atom. The van der Waals surface area contributed by atoms with Gasteiger partial charge in [0.15, 0.2) is 0 Å². The maximum absolute atomic E-state index is 5.05. The van der Waals surface area contributed by atoms with E-state index >= 15 is 0 Å². The number of benzene rings is 1. The second kappa shape index (κ2) is 4.56. The van der Waals surface area contributed by atoms with Gasteiger partial charge in [0.1, 0.15) is 5.65 Å². The van der Waals surface area contributed by atoms with Gasteiger partial charge >= 0.3 is 0 Å². The molecule has 0 saturated heterocycles. The Morgan fingerprint density at radius 2 is 2.00 bits per heavy atom. The second-order valence-electron chi connectivity index (χ2n) is 4.82. The van der Waals surface area contributed by atoms with Crippen LogP contribution in [-0.4, -0.2) is 20.1 Å². The molecule has 0 bridgehead atoms. The molecule has 0 fully saturated rings. The molecule has 1 N–H and O–H groups in total. The zero-order valence-electron chi connectivity index (χ0n) is 11.4. The maximum Gasteiger partial charge on any atom is 0.223 e. The molecule has 4 rings (SSSR count). The summed E-state index contributed by atoms with van der Waals surface area (Å²) >= 11 is 0. The Hall–Kier alpha value is -2.95. The van der Waals surface area contributed by atoms with Crippen molar-refractivity contribution in [1.29, 1.82) is 0 Å². The summed E-state index contributed by atoms with van der Waals surface area (Å²) in [5.41, 5.74) is 4.04. The van der Waals surface area contributed by atoms with Crippen molar-refractivity contribution < 1.29 is 4.52 Å². The standard InChI is InChI=1S/C16H12N4O/c1-10-19-15(20-21-10)12-4-2-3-11(9-12)13-5-7-17-16-14(13)6-8-18-16/h2-9H,1H3,(H,17,18). The lowest BCUT2D eigenvalue weighted by atomic mass is 10.0. The molecule has 0 spiro atoms. The van der Waals surface area contributed by atoms with Gasteiger partial charge in [0.2, 0.25) is 11.7 Å². The molecule has 0 radical (unpaired) electrons. The van der Waals surface area contributed by atoms with Gasteiger partial charge in [-0.05, 0) is 29.3 Å². The smallest absolute Gasteiger partial charge is 0.223 e. The van der Waals surface area contributed by atoms with E-state index in [1.807, 2.05) is 30.5 Å². The molecule has 0 atom stereocenters. The van der Waals surface area contributed by atoms with E-state index < -0.39 is 0 Å². The molecule has 0 aliphatic rings. The van der Waals surface area contributed by atoms with Gasteiger partial charge in [-0.25, -0.2) is 4.98 Å². The van der Waals surface area contributed by atoms with Crippen molar-refractivity contribution >= 4 is 11.0 Å². The van der Waals surface area contributed by atoms with Crippen LogP contribution in [0.2, 0.25) is 0 Å². The molecule has 3 aromatic heterocycles. The van der Waals surface area contributed by atoms with E-state index in [1.165, 1.54) is 0 Å². The van der Waals surface area contributed by atoms with Crippen LogP contribution >= 0.6 is 0 Å². The minimum absolute atomic E-state index is 0.562. The van der Waals surface area contributed by atoms with E-state index in [0.29, 0.717) is 11.7 Å². The number of aryl methyl sites for hydroxylation is 1. The van der Waals surface area contributed by atoms with E-state index in [9.17, 15) is 0 Å². The topological polar surface area (TPSA) is 67.6 Å². The minimum Gasteiger partial charge on any atom is -0.346 e. The van der Waals surface area contributed by atoms with Crippen LogP contribution < -0.4 is 0 Å². The first-order valence-corrected chi connectivity index (χ1v) is 6.64. The van der Waals surface area contributed by atoms with Crippen molar-refractivity contribution in [2.45, 2.75) is 6.92 Å². The van der Waals surface area contributed by atoms with Crippen LogP contribution in [0.3, 0.4) is 0 Å². The Labute approximate surface area is 120 Å². The lowest BCUT2D eigenvalue weighted by molar-refractivity contribution is 0.394. The number of nitrogens with zero attached hydrogens (tertiary/aromatic N) is 3. The molecule has 3 heterocycles. The minimum atomic E-state index is 0.562. The van der Waals surface area contributed by atoms with Crippen LogP contribution in [0, 0.1) is 6.92 Å². The maximum atomic E-state index is 5.05. The fourth-order valence-electron chi connectivity index (χ4n) is 2.45. The third kappa shape index (κ3) is 1.99. The number of aromatic nitrogens is 4. The fourth-order valence-corrected chi connectivity index (χ4v) is 2.45. The summed E-state index contributed by atoms with van der Waals surface area (Å²) in [4.78, 5) is 11.7. The Morgan fingerprint density at radius 1 is 1.10 bits per heavy atom. The molecule has 5 nitrogen and oxygen atoms in total. The number of hydrogen-bond donors (Lipinski definition) is 1. The molecule has 0 saturated carbocycles. The summed E-state index contributed by atoms with van der Waals surface area (Å²) in [6.45, 7) is 1.78. The molecule has 0 amide bonds. The highest BCUT2D eigenvalue weighted by atomic mass is 16.5. The molecular formula is C16H12N4O. The van der Waals surface area contributed by atoms with Gasteiger partial charge in [0, 0.05) is 30.3 Å². The van der Waals surface area contributed by atoms with E-state index in [4.69, 9.17) is 4.52 Å². The largest absolute Gasteiger partial charge is 0.346 e. The fraction of sp³-hybridized carbons (Fsp3) is 0.0625. The van der Waals surface area contributed by atoms with Crippen LogP contribution in [0.4, 0.5) is 0 Å². The number of rotatable bonds is 2. The van der Waals surface area contributed by atoms with Gasteiger partial charge in [-0.3, -0.25) is 0 Å². The van der Waals surface area contributed by atoms with Gasteiger partial charge in [-0.1, -0.05) is 23.4 Å². The van der Waals surface area contributed by atoms with Gasteiger partial charge in [0.25, 0.3) is 0 Å². The molecule has 1 aromatic carbocycles. The second-order valence-corrected chi connectivity index (χ2v) is 4.82. The van der Waals surface area contributed by atoms with E-state index in [2.05, 4.69) is 32.2 Å². The van der Waals surface area contributed by atoms with Crippen molar-refractivity contribution in [3.8, 4) is 22.5 Å². The zero-order chi connectivity index (χ0) is 14.2. The summed E-state index contributed by atoms with van der Waals surface area (Å²) in [6, 6.07) is 12.1. The normalized spacial score (nSPS) is 11.1. The Balaban J connectivity index is 1.88. The van der Waals surface area contributed by atoms with Crippen molar-refractivity contribution in [2.24, 2.45) is 0 Å². The SMILES string of the molecule is Cc1nc(-c2cccc(-c3ccnc4[nH]ccc34)c2)no1. The predicted octanol–water partition coefficient (Wildman–Crippen LogP) is 3.59. The van der Waals surface area contributed by atoms with Crippen molar-refractivity contribution in [3.05, 3.63) is 54.7 Å². The summed E-state index contributed by atoms with van der Waals surface area (Å²) < 4.78 is 5.05. The number of fused-ring (bicyclic) bond motifs is 1.